The van der Waals surface area contributed by atoms with Crippen LogP contribution >= 0.6 is 15.9 Å². The minimum Gasteiger partial charge on any atom is -0.484 e. The summed E-state index contributed by atoms with van der Waals surface area (Å²) in [6.07, 6.45) is -0.557. The van der Waals surface area contributed by atoms with Crippen molar-refractivity contribution in [3.05, 3.63) is 28.7 Å². The van der Waals surface area contributed by atoms with Gasteiger partial charge in [-0.2, -0.15) is 0 Å². The first-order valence-corrected chi connectivity index (χ1v) is 4.70. The number of aliphatic hydroxyl groups excluding tert-OH is 2. The van der Waals surface area contributed by atoms with Gasteiger partial charge in [-0.15, -0.1) is 0 Å². The third-order valence-corrected chi connectivity index (χ3v) is 2.19. The number of aliphatic hydroxyl groups is 2. The van der Waals surface area contributed by atoms with Crippen molar-refractivity contribution in [2.45, 2.75) is 6.10 Å². The summed E-state index contributed by atoms with van der Waals surface area (Å²) in [5, 5.41) is 17.6. The Labute approximate surface area is 85.1 Å². The maximum atomic E-state index is 8.78. The Bertz CT molecular complexity index is 261. The standard InChI is InChI=1S/C9H11BrO3/c10-8-3-1-2-4-9(8)13-7(5-11)6-12/h1-4,7,11-12H,5-6H2. The highest BCUT2D eigenvalue weighted by molar-refractivity contribution is 9.10. The van der Waals surface area contributed by atoms with Crippen molar-refractivity contribution in [2.75, 3.05) is 13.2 Å². The van der Waals surface area contributed by atoms with E-state index < -0.39 is 6.10 Å². The van der Waals surface area contributed by atoms with Crippen LogP contribution in [0.5, 0.6) is 5.75 Å². The average molecular weight is 247 g/mol. The SMILES string of the molecule is OCC(CO)Oc1ccccc1Br. The number of ether oxygens (including phenoxy) is 1. The third kappa shape index (κ3) is 2.99. The zero-order chi connectivity index (χ0) is 9.68. The van der Waals surface area contributed by atoms with E-state index in [1.165, 1.54) is 0 Å². The van der Waals surface area contributed by atoms with Crippen LogP contribution in [0.1, 0.15) is 0 Å². The fourth-order valence-corrected chi connectivity index (χ4v) is 1.23. The molecule has 0 aliphatic carbocycles. The summed E-state index contributed by atoms with van der Waals surface area (Å²) in [6.45, 7) is -0.393. The molecule has 1 aromatic rings. The molecule has 0 aliphatic rings. The summed E-state index contributed by atoms with van der Waals surface area (Å²) in [6, 6.07) is 7.29. The molecular weight excluding hydrogens is 236 g/mol. The highest BCUT2D eigenvalue weighted by atomic mass is 79.9. The van der Waals surface area contributed by atoms with Crippen molar-refractivity contribution in [1.29, 1.82) is 0 Å². The number of hydrogen-bond acceptors (Lipinski definition) is 3. The molecule has 0 radical (unpaired) electrons. The second kappa shape index (κ2) is 5.21. The Morgan fingerprint density at radius 3 is 2.38 bits per heavy atom. The second-order valence-electron chi connectivity index (χ2n) is 2.54. The van der Waals surface area contributed by atoms with E-state index >= 15 is 0 Å². The topological polar surface area (TPSA) is 49.7 Å². The predicted molar refractivity (Wildman–Crippen MR) is 52.7 cm³/mol. The minimum absolute atomic E-state index is 0.197. The highest BCUT2D eigenvalue weighted by Gasteiger charge is 2.08. The molecule has 0 fully saturated rings. The van der Waals surface area contributed by atoms with E-state index in [-0.39, 0.29) is 13.2 Å². The van der Waals surface area contributed by atoms with E-state index in [9.17, 15) is 0 Å². The Morgan fingerprint density at radius 2 is 1.85 bits per heavy atom. The monoisotopic (exact) mass is 246 g/mol. The fraction of sp³-hybridized carbons (Fsp3) is 0.333. The van der Waals surface area contributed by atoms with Crippen LogP contribution in [0.2, 0.25) is 0 Å². The normalized spacial score (nSPS) is 10.5. The van der Waals surface area contributed by atoms with Crippen LogP contribution in [0.3, 0.4) is 0 Å². The zero-order valence-corrected chi connectivity index (χ0v) is 8.57. The van der Waals surface area contributed by atoms with E-state index in [0.717, 1.165) is 4.47 Å². The van der Waals surface area contributed by atoms with Crippen LogP contribution in [0.25, 0.3) is 0 Å². The zero-order valence-electron chi connectivity index (χ0n) is 6.98. The van der Waals surface area contributed by atoms with Gasteiger partial charge in [-0.05, 0) is 28.1 Å². The number of hydrogen-bond donors (Lipinski definition) is 2. The van der Waals surface area contributed by atoms with Crippen LogP contribution in [-0.4, -0.2) is 29.5 Å². The van der Waals surface area contributed by atoms with E-state index in [2.05, 4.69) is 15.9 Å². The molecule has 0 spiro atoms. The van der Waals surface area contributed by atoms with Gasteiger partial charge in [0.1, 0.15) is 11.9 Å². The van der Waals surface area contributed by atoms with Gasteiger partial charge in [0.05, 0.1) is 17.7 Å². The molecule has 0 saturated carbocycles. The van der Waals surface area contributed by atoms with Gasteiger partial charge in [0, 0.05) is 0 Å². The Hall–Kier alpha value is -0.580. The lowest BCUT2D eigenvalue weighted by Gasteiger charge is -2.14. The molecule has 0 aliphatic heterocycles. The molecule has 4 heteroatoms. The van der Waals surface area contributed by atoms with Crippen molar-refractivity contribution in [3.8, 4) is 5.75 Å². The number of para-hydroxylation sites is 1. The lowest BCUT2D eigenvalue weighted by atomic mass is 10.3. The molecule has 3 nitrogen and oxygen atoms in total. The summed E-state index contributed by atoms with van der Waals surface area (Å²) in [4.78, 5) is 0. The van der Waals surface area contributed by atoms with E-state index in [0.29, 0.717) is 5.75 Å². The van der Waals surface area contributed by atoms with Crippen LogP contribution in [0.15, 0.2) is 28.7 Å². The number of benzene rings is 1. The summed E-state index contributed by atoms with van der Waals surface area (Å²) >= 11 is 3.29. The predicted octanol–water partition coefficient (Wildman–Crippen LogP) is 1.18. The van der Waals surface area contributed by atoms with Crippen molar-refractivity contribution in [1.82, 2.24) is 0 Å². The first-order chi connectivity index (χ1) is 6.27. The molecule has 0 aromatic heterocycles. The molecule has 1 aromatic carbocycles. The number of rotatable bonds is 4. The van der Waals surface area contributed by atoms with Gasteiger partial charge >= 0.3 is 0 Å². The van der Waals surface area contributed by atoms with E-state index in [4.69, 9.17) is 14.9 Å². The quantitative estimate of drug-likeness (QED) is 0.839. The van der Waals surface area contributed by atoms with Crippen LogP contribution in [0.4, 0.5) is 0 Å². The van der Waals surface area contributed by atoms with Crippen molar-refractivity contribution < 1.29 is 14.9 Å². The minimum atomic E-state index is -0.557. The molecule has 0 heterocycles. The van der Waals surface area contributed by atoms with E-state index in [1.54, 1.807) is 6.07 Å². The highest BCUT2D eigenvalue weighted by Crippen LogP contribution is 2.24. The molecule has 2 N–H and O–H groups in total. The first kappa shape index (κ1) is 10.5. The van der Waals surface area contributed by atoms with Crippen molar-refractivity contribution in [2.24, 2.45) is 0 Å². The van der Waals surface area contributed by atoms with Gasteiger partial charge in [-0.1, -0.05) is 12.1 Å². The first-order valence-electron chi connectivity index (χ1n) is 3.91. The smallest absolute Gasteiger partial charge is 0.145 e. The van der Waals surface area contributed by atoms with Gasteiger partial charge in [-0.25, -0.2) is 0 Å². The summed E-state index contributed by atoms with van der Waals surface area (Å²) in [7, 11) is 0. The average Bonchev–Trinajstić information content (AvgIpc) is 2.17. The lowest BCUT2D eigenvalue weighted by molar-refractivity contribution is 0.0624. The summed E-state index contributed by atoms with van der Waals surface area (Å²) < 4.78 is 6.10. The van der Waals surface area contributed by atoms with E-state index in [1.807, 2.05) is 18.2 Å². The van der Waals surface area contributed by atoms with Gasteiger partial charge in [0.25, 0.3) is 0 Å². The summed E-state index contributed by atoms with van der Waals surface area (Å²) in [5.74, 6) is 0.621. The Morgan fingerprint density at radius 1 is 1.23 bits per heavy atom. The molecule has 72 valence electrons. The van der Waals surface area contributed by atoms with Crippen molar-refractivity contribution >= 4 is 15.9 Å². The van der Waals surface area contributed by atoms with Gasteiger partial charge in [0.2, 0.25) is 0 Å². The van der Waals surface area contributed by atoms with Gasteiger partial charge < -0.3 is 14.9 Å². The fourth-order valence-electron chi connectivity index (χ4n) is 0.852. The Kier molecular flexibility index (Phi) is 4.21. The second-order valence-corrected chi connectivity index (χ2v) is 3.39. The molecule has 1 rings (SSSR count). The molecule has 0 unspecified atom stereocenters. The molecule has 0 saturated heterocycles. The van der Waals surface area contributed by atoms with Crippen LogP contribution in [-0.2, 0) is 0 Å². The number of halogens is 1. The van der Waals surface area contributed by atoms with Crippen LogP contribution < -0.4 is 4.74 Å². The lowest BCUT2D eigenvalue weighted by Crippen LogP contribution is -2.25. The van der Waals surface area contributed by atoms with Crippen molar-refractivity contribution in [3.63, 3.8) is 0 Å². The largest absolute Gasteiger partial charge is 0.484 e. The van der Waals surface area contributed by atoms with Crippen LogP contribution in [0, 0.1) is 0 Å². The molecular formula is C9H11BrO3. The van der Waals surface area contributed by atoms with Gasteiger partial charge in [-0.3, -0.25) is 0 Å². The maximum absolute atomic E-state index is 8.78. The molecule has 0 amide bonds. The summed E-state index contributed by atoms with van der Waals surface area (Å²) in [5.41, 5.74) is 0. The molecule has 13 heavy (non-hydrogen) atoms. The third-order valence-electron chi connectivity index (χ3n) is 1.54. The maximum Gasteiger partial charge on any atom is 0.145 e. The molecule has 0 atom stereocenters. The van der Waals surface area contributed by atoms with Gasteiger partial charge in [0.15, 0.2) is 0 Å². The molecule has 0 bridgehead atoms. The Balaban J connectivity index is 2.67.